The normalized spacial score (nSPS) is 22.7. The van der Waals surface area contributed by atoms with Crippen LogP contribution in [-0.4, -0.2) is 81.1 Å². The van der Waals surface area contributed by atoms with Crippen molar-refractivity contribution >= 4 is 11.9 Å². The Morgan fingerprint density at radius 2 is 1.93 bits per heavy atom. The third-order valence-corrected chi connectivity index (χ3v) is 5.33. The van der Waals surface area contributed by atoms with Crippen LogP contribution in [0.3, 0.4) is 0 Å². The van der Waals surface area contributed by atoms with E-state index in [4.69, 9.17) is 14.6 Å². The summed E-state index contributed by atoms with van der Waals surface area (Å²) in [5, 5.41) is 11.3. The smallest absolute Gasteiger partial charge is 0.475 e. The number of alkyl halides is 3. The number of carboxylic acids is 1. The Bertz CT molecular complexity index is 699. The maximum atomic E-state index is 11.7. The molecule has 1 amide bonds. The van der Waals surface area contributed by atoms with E-state index in [9.17, 15) is 18.0 Å². The number of likely N-dealkylation sites (tertiary alicyclic amines) is 1. The zero-order valence-corrected chi connectivity index (χ0v) is 16.1. The molecule has 28 heavy (non-hydrogen) atoms. The highest BCUT2D eigenvalue weighted by molar-refractivity contribution is 5.78. The Balaban J connectivity index is 0.000000345. The first-order valence-corrected chi connectivity index (χ1v) is 8.84. The van der Waals surface area contributed by atoms with Gasteiger partial charge >= 0.3 is 12.1 Å². The van der Waals surface area contributed by atoms with E-state index in [0.717, 1.165) is 32.5 Å². The molecule has 1 atom stereocenters. The molecule has 158 valence electrons. The quantitative estimate of drug-likeness (QED) is 0.796. The van der Waals surface area contributed by atoms with Gasteiger partial charge in [0.25, 0.3) is 0 Å². The van der Waals surface area contributed by atoms with Gasteiger partial charge in [-0.3, -0.25) is 14.4 Å². The molecule has 3 rings (SSSR count). The topological polar surface area (TPSA) is 87.9 Å². The van der Waals surface area contributed by atoms with E-state index >= 15 is 0 Å². The van der Waals surface area contributed by atoms with E-state index in [1.54, 1.807) is 0 Å². The molecule has 0 aromatic carbocycles. The number of hydrogen-bond donors (Lipinski definition) is 1. The molecule has 3 heterocycles. The highest BCUT2D eigenvalue weighted by Gasteiger charge is 2.46. The summed E-state index contributed by atoms with van der Waals surface area (Å²) in [4.78, 5) is 24.9. The number of nitrogens with zero attached hydrogens (tertiary/aromatic N) is 4. The van der Waals surface area contributed by atoms with Crippen LogP contribution in [0.5, 0.6) is 0 Å². The minimum atomic E-state index is -5.08. The molecule has 2 aliphatic rings. The number of aromatic nitrogens is 2. The van der Waals surface area contributed by atoms with Gasteiger partial charge < -0.3 is 14.7 Å². The third-order valence-electron chi connectivity index (χ3n) is 5.33. The van der Waals surface area contributed by atoms with Gasteiger partial charge in [0.2, 0.25) is 5.91 Å². The lowest BCUT2D eigenvalue weighted by molar-refractivity contribution is -0.192. The van der Waals surface area contributed by atoms with Crippen LogP contribution in [0.15, 0.2) is 12.4 Å². The lowest BCUT2D eigenvalue weighted by atomic mass is 9.83. The van der Waals surface area contributed by atoms with E-state index in [-0.39, 0.29) is 24.2 Å². The van der Waals surface area contributed by atoms with Gasteiger partial charge in [-0.15, -0.1) is 0 Å². The van der Waals surface area contributed by atoms with Crippen LogP contribution < -0.4 is 0 Å². The van der Waals surface area contributed by atoms with Crippen LogP contribution in [0.25, 0.3) is 0 Å². The second kappa shape index (κ2) is 8.48. The minimum absolute atomic E-state index is 0.0888. The zero-order chi connectivity index (χ0) is 21.1. The summed E-state index contributed by atoms with van der Waals surface area (Å²) in [6, 6.07) is 0.152. The number of morpholine rings is 1. The third kappa shape index (κ3) is 5.22. The van der Waals surface area contributed by atoms with Gasteiger partial charge in [-0.25, -0.2) is 4.79 Å². The molecule has 0 radical (unpaired) electrons. The van der Waals surface area contributed by atoms with Crippen LogP contribution in [0.4, 0.5) is 13.2 Å². The number of carbonyl (C=O) groups excluding carboxylic acids is 1. The predicted octanol–water partition coefficient (Wildman–Crippen LogP) is 1.27. The van der Waals surface area contributed by atoms with E-state index < -0.39 is 12.1 Å². The Labute approximate surface area is 160 Å². The van der Waals surface area contributed by atoms with Gasteiger partial charge in [0.05, 0.1) is 17.8 Å². The fraction of sp³-hybridized carbons (Fsp3) is 0.706. The summed E-state index contributed by atoms with van der Waals surface area (Å²) in [5.41, 5.74) is 1.09. The molecule has 0 bridgehead atoms. The summed E-state index contributed by atoms with van der Waals surface area (Å²) in [6.45, 7) is 5.27. The predicted molar refractivity (Wildman–Crippen MR) is 92.3 cm³/mol. The van der Waals surface area contributed by atoms with Crippen molar-refractivity contribution in [3.8, 4) is 0 Å². The van der Waals surface area contributed by atoms with Crippen LogP contribution in [-0.2, 0) is 27.9 Å². The molecule has 0 saturated carbocycles. The van der Waals surface area contributed by atoms with Gasteiger partial charge in [-0.05, 0) is 19.8 Å². The first-order chi connectivity index (χ1) is 12.9. The van der Waals surface area contributed by atoms with Gasteiger partial charge in [0, 0.05) is 45.5 Å². The number of halogens is 3. The Kier molecular flexibility index (Phi) is 6.71. The van der Waals surface area contributed by atoms with Crippen LogP contribution in [0, 0.1) is 0 Å². The zero-order valence-electron chi connectivity index (χ0n) is 16.1. The monoisotopic (exact) mass is 406 g/mol. The molecule has 1 N–H and O–H groups in total. The van der Waals surface area contributed by atoms with Crippen molar-refractivity contribution < 1.29 is 32.6 Å². The standard InChI is InChI=1S/C15H24N4O2.C2HF3O2/c1-12-15(21-11-14(20)18(12)3)4-6-19(7-5-15)10-13-8-16-17(2)9-13;3-2(4,5)1(6)7/h8-9,12H,4-7,10-11H2,1-3H3;(H,6,7). The molecule has 8 nitrogen and oxygen atoms in total. The van der Waals surface area contributed by atoms with Gasteiger partial charge in [-0.2, -0.15) is 18.3 Å². The van der Waals surface area contributed by atoms with Gasteiger partial charge in [-0.1, -0.05) is 0 Å². The van der Waals surface area contributed by atoms with Crippen LogP contribution in [0.1, 0.15) is 25.3 Å². The number of rotatable bonds is 2. The van der Waals surface area contributed by atoms with Gasteiger partial charge in [0.1, 0.15) is 6.61 Å². The SMILES string of the molecule is CC1N(C)C(=O)COC12CCN(Cc1cnn(C)c1)CC2.O=C(O)C(F)(F)F. The lowest BCUT2D eigenvalue weighted by Gasteiger charge is -2.50. The van der Waals surface area contributed by atoms with E-state index in [1.165, 1.54) is 5.56 Å². The number of hydrogen-bond acceptors (Lipinski definition) is 5. The fourth-order valence-electron chi connectivity index (χ4n) is 3.46. The molecule has 11 heteroatoms. The molecule has 2 fully saturated rings. The highest BCUT2D eigenvalue weighted by Crippen LogP contribution is 2.35. The lowest BCUT2D eigenvalue weighted by Crippen LogP contribution is -2.62. The number of carboxylic acid groups (broad SMARTS) is 1. The maximum Gasteiger partial charge on any atom is 0.490 e. The number of likely N-dealkylation sites (N-methyl/N-ethyl adjacent to an activating group) is 1. The average molecular weight is 406 g/mol. The fourth-order valence-corrected chi connectivity index (χ4v) is 3.46. The summed E-state index contributed by atoms with van der Waals surface area (Å²) >= 11 is 0. The summed E-state index contributed by atoms with van der Waals surface area (Å²) < 4.78 is 39.5. The molecule has 1 spiro atoms. The Morgan fingerprint density at radius 1 is 1.36 bits per heavy atom. The second-order valence-electron chi connectivity index (χ2n) is 7.14. The number of amides is 1. The largest absolute Gasteiger partial charge is 0.490 e. The van der Waals surface area contributed by atoms with Crippen LogP contribution in [0.2, 0.25) is 0 Å². The van der Waals surface area contributed by atoms with Crippen molar-refractivity contribution in [1.29, 1.82) is 0 Å². The molecule has 2 saturated heterocycles. The number of carbonyl (C=O) groups is 2. The van der Waals surface area contributed by atoms with E-state index in [2.05, 4.69) is 23.1 Å². The molecule has 2 aliphatic heterocycles. The second-order valence-corrected chi connectivity index (χ2v) is 7.14. The van der Waals surface area contributed by atoms with E-state index in [1.807, 2.05) is 29.9 Å². The van der Waals surface area contributed by atoms with Crippen molar-refractivity contribution in [3.63, 3.8) is 0 Å². The van der Waals surface area contributed by atoms with Crippen molar-refractivity contribution in [2.75, 3.05) is 26.7 Å². The van der Waals surface area contributed by atoms with Crippen molar-refractivity contribution in [3.05, 3.63) is 18.0 Å². The Hall–Kier alpha value is -2.14. The van der Waals surface area contributed by atoms with Crippen molar-refractivity contribution in [2.24, 2.45) is 7.05 Å². The first kappa shape index (κ1) is 22.2. The number of piperidine rings is 1. The highest BCUT2D eigenvalue weighted by atomic mass is 19.4. The molecular formula is C17H25F3N4O4. The molecule has 1 unspecified atom stereocenters. The summed E-state index contributed by atoms with van der Waals surface area (Å²) in [6.07, 6.45) is 0.866. The van der Waals surface area contributed by atoms with Crippen molar-refractivity contribution in [2.45, 2.75) is 44.1 Å². The molecule has 0 aliphatic carbocycles. The molecular weight excluding hydrogens is 381 g/mol. The maximum absolute atomic E-state index is 11.7. The number of aryl methyl sites for hydroxylation is 1. The first-order valence-electron chi connectivity index (χ1n) is 8.84. The number of aliphatic carboxylic acids is 1. The number of ether oxygens (including phenoxy) is 1. The molecule has 1 aromatic rings. The summed E-state index contributed by atoms with van der Waals surface area (Å²) in [7, 11) is 3.83. The van der Waals surface area contributed by atoms with Crippen LogP contribution >= 0.6 is 0 Å². The minimum Gasteiger partial charge on any atom is -0.475 e. The average Bonchev–Trinajstić information content (AvgIpc) is 3.03. The van der Waals surface area contributed by atoms with Crippen molar-refractivity contribution in [1.82, 2.24) is 19.6 Å². The van der Waals surface area contributed by atoms with E-state index in [0.29, 0.717) is 0 Å². The van der Waals surface area contributed by atoms with Gasteiger partial charge in [0.15, 0.2) is 0 Å². The molecule has 1 aromatic heterocycles. The Morgan fingerprint density at radius 3 is 2.39 bits per heavy atom. The summed E-state index contributed by atoms with van der Waals surface area (Å²) in [5.74, 6) is -2.67.